The monoisotopic (exact) mass is 321 g/mol. The summed E-state index contributed by atoms with van der Waals surface area (Å²) in [5.74, 6) is 0.394. The van der Waals surface area contributed by atoms with Crippen molar-refractivity contribution in [2.24, 2.45) is 10.7 Å². The summed E-state index contributed by atoms with van der Waals surface area (Å²) in [6, 6.07) is 6.31. The lowest BCUT2D eigenvalue weighted by Gasteiger charge is -2.26. The van der Waals surface area contributed by atoms with Gasteiger partial charge in [-0.3, -0.25) is 15.0 Å². The second-order valence-corrected chi connectivity index (χ2v) is 5.36. The molecule has 0 aromatic heterocycles. The topological polar surface area (TPSA) is 106 Å². The molecule has 1 aliphatic rings. The summed E-state index contributed by atoms with van der Waals surface area (Å²) in [6.07, 6.45) is 0.994. The van der Waals surface area contributed by atoms with Crippen LogP contribution in [0.15, 0.2) is 29.3 Å². The van der Waals surface area contributed by atoms with Crippen molar-refractivity contribution >= 4 is 11.6 Å². The van der Waals surface area contributed by atoms with E-state index in [4.69, 9.17) is 10.5 Å². The lowest BCUT2D eigenvalue weighted by molar-refractivity contribution is -0.384. The fourth-order valence-electron chi connectivity index (χ4n) is 2.30. The summed E-state index contributed by atoms with van der Waals surface area (Å²) in [4.78, 5) is 16.8. The van der Waals surface area contributed by atoms with Gasteiger partial charge < -0.3 is 15.8 Å². The Balaban J connectivity index is 1.65. The minimum atomic E-state index is -0.419. The molecule has 0 atom stereocenters. The number of ether oxygens (including phenoxy) is 1. The molecule has 0 bridgehead atoms. The van der Waals surface area contributed by atoms with Crippen LogP contribution in [0.5, 0.6) is 0 Å². The summed E-state index contributed by atoms with van der Waals surface area (Å²) in [7, 11) is 0. The van der Waals surface area contributed by atoms with Crippen LogP contribution in [0, 0.1) is 10.1 Å². The number of nitrogens with two attached hydrogens (primary N) is 1. The van der Waals surface area contributed by atoms with Gasteiger partial charge >= 0.3 is 0 Å². The van der Waals surface area contributed by atoms with E-state index < -0.39 is 4.92 Å². The number of aliphatic imine (C=N–C) groups is 1. The van der Waals surface area contributed by atoms with Crippen molar-refractivity contribution in [2.75, 3.05) is 39.4 Å². The Morgan fingerprint density at radius 3 is 2.70 bits per heavy atom. The van der Waals surface area contributed by atoms with Crippen LogP contribution in [-0.2, 0) is 11.3 Å². The highest BCUT2D eigenvalue weighted by Gasteiger charge is 2.09. The summed E-state index contributed by atoms with van der Waals surface area (Å²) in [6.45, 7) is 5.80. The average molecular weight is 321 g/mol. The van der Waals surface area contributed by atoms with Crippen LogP contribution < -0.4 is 11.1 Å². The molecule has 0 amide bonds. The van der Waals surface area contributed by atoms with Crippen molar-refractivity contribution in [1.29, 1.82) is 0 Å². The van der Waals surface area contributed by atoms with E-state index in [2.05, 4.69) is 15.2 Å². The van der Waals surface area contributed by atoms with Gasteiger partial charge in [0.05, 0.1) is 24.7 Å². The third kappa shape index (κ3) is 6.21. The number of nitrogens with one attached hydrogen (secondary N) is 1. The van der Waals surface area contributed by atoms with E-state index in [-0.39, 0.29) is 5.69 Å². The number of morpholine rings is 1. The number of non-ortho nitro benzene ring substituents is 1. The normalized spacial score (nSPS) is 16.3. The fraction of sp³-hybridized carbons (Fsp3) is 0.533. The van der Waals surface area contributed by atoms with Gasteiger partial charge in [-0.1, -0.05) is 12.1 Å². The van der Waals surface area contributed by atoms with E-state index in [1.165, 1.54) is 12.1 Å². The van der Waals surface area contributed by atoms with Crippen molar-refractivity contribution in [3.63, 3.8) is 0 Å². The van der Waals surface area contributed by atoms with Crippen molar-refractivity contribution in [2.45, 2.75) is 13.0 Å². The van der Waals surface area contributed by atoms with Gasteiger partial charge in [0.25, 0.3) is 5.69 Å². The first-order valence-corrected chi connectivity index (χ1v) is 7.72. The number of nitrogens with zero attached hydrogens (tertiary/aromatic N) is 3. The molecule has 2 rings (SSSR count). The first kappa shape index (κ1) is 17.2. The number of guanidine groups is 1. The number of hydrogen-bond acceptors (Lipinski definition) is 5. The SMILES string of the molecule is NC(=NCc1ccc([N+](=O)[O-])cc1)NCCCN1CCOCC1. The lowest BCUT2D eigenvalue weighted by Crippen LogP contribution is -2.39. The van der Waals surface area contributed by atoms with Gasteiger partial charge in [0.2, 0.25) is 0 Å². The largest absolute Gasteiger partial charge is 0.379 e. The molecule has 23 heavy (non-hydrogen) atoms. The van der Waals surface area contributed by atoms with E-state index in [0.717, 1.165) is 51.4 Å². The molecule has 1 aromatic rings. The van der Waals surface area contributed by atoms with Crippen LogP contribution in [0.4, 0.5) is 5.69 Å². The molecule has 0 radical (unpaired) electrons. The van der Waals surface area contributed by atoms with E-state index >= 15 is 0 Å². The number of benzene rings is 1. The molecule has 0 saturated carbocycles. The highest BCUT2D eigenvalue weighted by molar-refractivity contribution is 5.77. The third-order valence-corrected chi connectivity index (χ3v) is 3.64. The van der Waals surface area contributed by atoms with Crippen LogP contribution in [0.25, 0.3) is 0 Å². The van der Waals surface area contributed by atoms with Gasteiger partial charge in [-0.15, -0.1) is 0 Å². The molecule has 0 aliphatic carbocycles. The second kappa shape index (κ2) is 9.06. The smallest absolute Gasteiger partial charge is 0.269 e. The van der Waals surface area contributed by atoms with Crippen LogP contribution >= 0.6 is 0 Å². The third-order valence-electron chi connectivity index (χ3n) is 3.64. The molecule has 1 aliphatic heterocycles. The molecule has 1 fully saturated rings. The zero-order chi connectivity index (χ0) is 16.5. The number of rotatable bonds is 7. The molecular formula is C15H23N5O3. The predicted molar refractivity (Wildman–Crippen MR) is 88.3 cm³/mol. The van der Waals surface area contributed by atoms with Crippen molar-refractivity contribution < 1.29 is 9.66 Å². The van der Waals surface area contributed by atoms with Crippen LogP contribution in [-0.4, -0.2) is 55.2 Å². The van der Waals surface area contributed by atoms with Crippen LogP contribution in [0.3, 0.4) is 0 Å². The van der Waals surface area contributed by atoms with E-state index in [9.17, 15) is 10.1 Å². The number of nitro benzene ring substituents is 1. The van der Waals surface area contributed by atoms with Crippen LogP contribution in [0.2, 0.25) is 0 Å². The maximum atomic E-state index is 10.6. The Kier molecular flexibility index (Phi) is 6.76. The predicted octanol–water partition coefficient (Wildman–Crippen LogP) is 0.721. The minimum absolute atomic E-state index is 0.0759. The van der Waals surface area contributed by atoms with E-state index in [1.807, 2.05) is 0 Å². The first-order valence-electron chi connectivity index (χ1n) is 7.72. The molecule has 8 heteroatoms. The van der Waals surface area contributed by atoms with Gasteiger partial charge in [0.1, 0.15) is 0 Å². The first-order chi connectivity index (χ1) is 11.1. The molecule has 126 valence electrons. The summed E-state index contributed by atoms with van der Waals surface area (Å²) in [5, 5.41) is 13.7. The van der Waals surface area contributed by atoms with Crippen molar-refractivity contribution in [3.05, 3.63) is 39.9 Å². The lowest BCUT2D eigenvalue weighted by atomic mass is 10.2. The maximum Gasteiger partial charge on any atom is 0.269 e. The van der Waals surface area contributed by atoms with Gasteiger partial charge in [0.15, 0.2) is 5.96 Å². The average Bonchev–Trinajstić information content (AvgIpc) is 2.58. The zero-order valence-corrected chi connectivity index (χ0v) is 13.1. The van der Waals surface area contributed by atoms with Crippen LogP contribution in [0.1, 0.15) is 12.0 Å². The summed E-state index contributed by atoms with van der Waals surface area (Å²) >= 11 is 0. The van der Waals surface area contributed by atoms with Crippen molar-refractivity contribution in [1.82, 2.24) is 10.2 Å². The van der Waals surface area contributed by atoms with Gasteiger partial charge in [-0.2, -0.15) is 0 Å². The van der Waals surface area contributed by atoms with Crippen molar-refractivity contribution in [3.8, 4) is 0 Å². The standard InChI is InChI=1S/C15H23N5O3/c16-15(17-6-1-7-19-8-10-23-11-9-19)18-12-13-2-4-14(5-3-13)20(21)22/h2-5H,1,6-12H2,(H3,16,17,18). The maximum absolute atomic E-state index is 10.6. The van der Waals surface area contributed by atoms with Gasteiger partial charge in [-0.25, -0.2) is 4.99 Å². The molecule has 3 N–H and O–H groups in total. The molecule has 0 spiro atoms. The highest BCUT2D eigenvalue weighted by atomic mass is 16.6. The Bertz CT molecular complexity index is 526. The number of nitro groups is 1. The second-order valence-electron chi connectivity index (χ2n) is 5.36. The fourth-order valence-corrected chi connectivity index (χ4v) is 2.30. The highest BCUT2D eigenvalue weighted by Crippen LogP contribution is 2.12. The van der Waals surface area contributed by atoms with Gasteiger partial charge in [-0.05, 0) is 18.5 Å². The quantitative estimate of drug-likeness (QED) is 0.252. The Hall–Kier alpha value is -2.19. The molecule has 1 heterocycles. The Labute approximate surface area is 135 Å². The molecular weight excluding hydrogens is 298 g/mol. The van der Waals surface area contributed by atoms with E-state index in [0.29, 0.717) is 12.5 Å². The Morgan fingerprint density at radius 2 is 2.04 bits per heavy atom. The minimum Gasteiger partial charge on any atom is -0.379 e. The summed E-state index contributed by atoms with van der Waals surface area (Å²) < 4.78 is 5.30. The molecule has 1 saturated heterocycles. The summed E-state index contributed by atoms with van der Waals surface area (Å²) in [5.41, 5.74) is 6.77. The zero-order valence-electron chi connectivity index (χ0n) is 13.1. The Morgan fingerprint density at radius 1 is 1.35 bits per heavy atom. The molecule has 8 nitrogen and oxygen atoms in total. The van der Waals surface area contributed by atoms with E-state index in [1.54, 1.807) is 12.1 Å². The number of hydrogen-bond donors (Lipinski definition) is 2. The van der Waals surface area contributed by atoms with Gasteiger partial charge in [0, 0.05) is 31.8 Å². The molecule has 0 unspecified atom stereocenters. The molecule has 1 aromatic carbocycles.